The number of nitrogens with zero attached hydrogens (tertiary/aromatic N) is 2. The van der Waals surface area contributed by atoms with Crippen LogP contribution < -0.4 is 5.73 Å². The molecule has 2 amide bonds. The Balaban J connectivity index is 3.74. The SMILES string of the molecule is Cc1cc(C#N)cc(C(=O)/C(=C(/C(N)=O)C(C)C)N(C=O)C(C)C)c1. The quantitative estimate of drug-likeness (QED) is 0.467. The summed E-state index contributed by atoms with van der Waals surface area (Å²) in [5.41, 5.74) is 6.83. The Labute approximate surface area is 147 Å². The van der Waals surface area contributed by atoms with Gasteiger partial charge in [-0.3, -0.25) is 14.4 Å². The van der Waals surface area contributed by atoms with Crippen molar-refractivity contribution in [2.45, 2.75) is 40.7 Å². The molecule has 1 rings (SSSR count). The number of benzene rings is 1. The Morgan fingerprint density at radius 2 is 1.80 bits per heavy atom. The van der Waals surface area contributed by atoms with Crippen LogP contribution in [-0.4, -0.2) is 29.0 Å². The molecule has 0 aliphatic carbocycles. The van der Waals surface area contributed by atoms with Crippen molar-refractivity contribution >= 4 is 18.1 Å². The number of Topliss-reactive ketones (excluding diaryl/α,β-unsaturated/α-hetero) is 1. The van der Waals surface area contributed by atoms with Gasteiger partial charge in [0.25, 0.3) is 0 Å². The first-order valence-corrected chi connectivity index (χ1v) is 7.98. The number of primary amides is 1. The number of nitrogens with two attached hydrogens (primary N) is 1. The van der Waals surface area contributed by atoms with E-state index in [2.05, 4.69) is 0 Å². The molecule has 0 spiro atoms. The van der Waals surface area contributed by atoms with E-state index in [4.69, 9.17) is 11.0 Å². The normalized spacial score (nSPS) is 11.8. The van der Waals surface area contributed by atoms with Gasteiger partial charge in [-0.2, -0.15) is 5.26 Å². The molecule has 0 fully saturated rings. The average Bonchev–Trinajstić information content (AvgIpc) is 2.52. The third-order valence-corrected chi connectivity index (χ3v) is 3.71. The second-order valence-corrected chi connectivity index (χ2v) is 6.42. The van der Waals surface area contributed by atoms with Crippen molar-refractivity contribution in [3.8, 4) is 6.07 Å². The monoisotopic (exact) mass is 341 g/mol. The highest BCUT2D eigenvalue weighted by molar-refractivity contribution is 6.14. The maximum Gasteiger partial charge on any atom is 0.247 e. The molecular weight excluding hydrogens is 318 g/mol. The minimum absolute atomic E-state index is 0.0398. The van der Waals surface area contributed by atoms with Crippen LogP contribution in [0.15, 0.2) is 29.5 Å². The molecule has 0 atom stereocenters. The molecule has 1 aromatic rings. The van der Waals surface area contributed by atoms with Crippen molar-refractivity contribution in [2.24, 2.45) is 11.7 Å². The maximum absolute atomic E-state index is 13.1. The number of allylic oxidation sites excluding steroid dienone is 1. The summed E-state index contributed by atoms with van der Waals surface area (Å²) in [5, 5.41) is 9.12. The Bertz CT molecular complexity index is 771. The van der Waals surface area contributed by atoms with Crippen molar-refractivity contribution in [2.75, 3.05) is 0 Å². The summed E-state index contributed by atoms with van der Waals surface area (Å²) in [6.45, 7) is 8.69. The molecular formula is C19H23N3O3. The van der Waals surface area contributed by atoms with Crippen LogP contribution in [0.3, 0.4) is 0 Å². The van der Waals surface area contributed by atoms with Gasteiger partial charge >= 0.3 is 0 Å². The smallest absolute Gasteiger partial charge is 0.247 e. The average molecular weight is 341 g/mol. The number of nitriles is 1. The fourth-order valence-corrected chi connectivity index (χ4v) is 2.60. The topological polar surface area (TPSA) is 104 Å². The lowest BCUT2D eigenvalue weighted by Gasteiger charge is -2.27. The zero-order valence-electron chi connectivity index (χ0n) is 15.2. The van der Waals surface area contributed by atoms with Gasteiger partial charge in [-0.05, 0) is 50.5 Å². The number of hydrogen-bond donors (Lipinski definition) is 1. The summed E-state index contributed by atoms with van der Waals surface area (Å²) in [6.07, 6.45) is 0.518. The van der Waals surface area contributed by atoms with Crippen molar-refractivity contribution < 1.29 is 14.4 Å². The predicted molar refractivity (Wildman–Crippen MR) is 94.3 cm³/mol. The second kappa shape index (κ2) is 8.25. The Morgan fingerprint density at radius 3 is 2.20 bits per heavy atom. The van der Waals surface area contributed by atoms with E-state index in [0.717, 1.165) is 5.56 Å². The second-order valence-electron chi connectivity index (χ2n) is 6.42. The highest BCUT2D eigenvalue weighted by Gasteiger charge is 2.29. The number of rotatable bonds is 7. The van der Waals surface area contributed by atoms with E-state index < -0.39 is 11.7 Å². The lowest BCUT2D eigenvalue weighted by Crippen LogP contribution is -2.37. The summed E-state index contributed by atoms with van der Waals surface area (Å²) < 4.78 is 0. The molecule has 0 aliphatic rings. The molecule has 2 N–H and O–H groups in total. The van der Waals surface area contributed by atoms with E-state index in [-0.39, 0.29) is 28.8 Å². The van der Waals surface area contributed by atoms with Crippen LogP contribution in [0.1, 0.15) is 49.2 Å². The number of carbonyl (C=O) groups is 3. The van der Waals surface area contributed by atoms with E-state index in [1.807, 2.05) is 6.07 Å². The summed E-state index contributed by atoms with van der Waals surface area (Å²) in [4.78, 5) is 37.9. The Hall–Kier alpha value is -2.94. The van der Waals surface area contributed by atoms with E-state index in [1.54, 1.807) is 46.8 Å². The van der Waals surface area contributed by atoms with Crippen LogP contribution in [0.25, 0.3) is 0 Å². The first kappa shape index (κ1) is 20.1. The Kier molecular flexibility index (Phi) is 6.63. The number of ketones is 1. The molecule has 0 heterocycles. The van der Waals surface area contributed by atoms with Gasteiger partial charge in [0.2, 0.25) is 18.1 Å². The molecule has 0 aliphatic heterocycles. The number of hydrogen-bond acceptors (Lipinski definition) is 4. The third kappa shape index (κ3) is 4.54. The summed E-state index contributed by atoms with van der Waals surface area (Å²) in [7, 11) is 0. The van der Waals surface area contributed by atoms with Gasteiger partial charge in [0.05, 0.1) is 11.6 Å². The van der Waals surface area contributed by atoms with E-state index in [9.17, 15) is 14.4 Å². The highest BCUT2D eigenvalue weighted by Crippen LogP contribution is 2.24. The lowest BCUT2D eigenvalue weighted by atomic mass is 9.93. The van der Waals surface area contributed by atoms with Gasteiger partial charge < -0.3 is 10.6 Å². The van der Waals surface area contributed by atoms with Crippen LogP contribution in [0.2, 0.25) is 0 Å². The van der Waals surface area contributed by atoms with Crippen LogP contribution >= 0.6 is 0 Å². The molecule has 25 heavy (non-hydrogen) atoms. The molecule has 1 aromatic carbocycles. The standard InChI is InChI=1S/C19H23N3O3/c1-11(2)16(19(21)25)17(22(10-23)12(3)4)18(24)15-7-13(5)6-14(8-15)9-20/h6-8,10-12H,1-5H3,(H2,21,25)/b17-16-. The zero-order valence-corrected chi connectivity index (χ0v) is 15.2. The molecule has 6 nitrogen and oxygen atoms in total. The molecule has 0 unspecified atom stereocenters. The third-order valence-electron chi connectivity index (χ3n) is 3.71. The summed E-state index contributed by atoms with van der Waals surface area (Å²) >= 11 is 0. The largest absolute Gasteiger partial charge is 0.366 e. The number of carbonyl (C=O) groups excluding carboxylic acids is 3. The van der Waals surface area contributed by atoms with Gasteiger partial charge in [-0.25, -0.2) is 0 Å². The maximum atomic E-state index is 13.1. The minimum Gasteiger partial charge on any atom is -0.366 e. The predicted octanol–water partition coefficient (Wildman–Crippen LogP) is 2.31. The van der Waals surface area contributed by atoms with E-state index in [1.165, 1.54) is 11.0 Å². The molecule has 0 saturated heterocycles. The molecule has 6 heteroatoms. The van der Waals surface area contributed by atoms with E-state index >= 15 is 0 Å². The summed E-state index contributed by atoms with van der Waals surface area (Å²) in [5.74, 6) is -1.61. The van der Waals surface area contributed by atoms with Crippen molar-refractivity contribution in [1.29, 1.82) is 5.26 Å². The van der Waals surface area contributed by atoms with Crippen molar-refractivity contribution in [3.05, 3.63) is 46.2 Å². The van der Waals surface area contributed by atoms with Crippen LogP contribution in [0, 0.1) is 24.2 Å². The highest BCUT2D eigenvalue weighted by atomic mass is 16.2. The number of aryl methyl sites for hydroxylation is 1. The fraction of sp³-hybridized carbons (Fsp3) is 0.368. The number of amides is 2. The fourth-order valence-electron chi connectivity index (χ4n) is 2.60. The molecule has 0 saturated carbocycles. The van der Waals surface area contributed by atoms with Gasteiger partial charge in [0, 0.05) is 17.2 Å². The lowest BCUT2D eigenvalue weighted by molar-refractivity contribution is -0.117. The Morgan fingerprint density at radius 1 is 1.20 bits per heavy atom. The summed E-state index contributed by atoms with van der Waals surface area (Å²) in [6, 6.07) is 6.37. The van der Waals surface area contributed by atoms with Crippen LogP contribution in [0.5, 0.6) is 0 Å². The first-order chi connectivity index (χ1) is 11.6. The molecule has 132 valence electrons. The van der Waals surface area contributed by atoms with Crippen LogP contribution in [0.4, 0.5) is 0 Å². The molecule has 0 aromatic heterocycles. The van der Waals surface area contributed by atoms with Gasteiger partial charge in [-0.15, -0.1) is 0 Å². The molecule has 0 radical (unpaired) electrons. The van der Waals surface area contributed by atoms with Gasteiger partial charge in [0.1, 0.15) is 5.70 Å². The van der Waals surface area contributed by atoms with Crippen molar-refractivity contribution in [1.82, 2.24) is 4.90 Å². The van der Waals surface area contributed by atoms with Crippen LogP contribution in [-0.2, 0) is 9.59 Å². The van der Waals surface area contributed by atoms with Gasteiger partial charge in [-0.1, -0.05) is 13.8 Å². The van der Waals surface area contributed by atoms with Gasteiger partial charge in [0.15, 0.2) is 0 Å². The zero-order chi connectivity index (χ0) is 19.3. The van der Waals surface area contributed by atoms with Crippen molar-refractivity contribution in [3.63, 3.8) is 0 Å². The van der Waals surface area contributed by atoms with E-state index in [0.29, 0.717) is 12.0 Å². The molecule has 0 bridgehead atoms. The minimum atomic E-state index is -0.751. The first-order valence-electron chi connectivity index (χ1n) is 7.98.